The zero-order chi connectivity index (χ0) is 30.2. The Balaban J connectivity index is 2.23. The fourth-order valence-corrected chi connectivity index (χ4v) is 4.52. The van der Waals surface area contributed by atoms with Gasteiger partial charge in [-0.05, 0) is 53.9 Å². The zero-order valence-electron chi connectivity index (χ0n) is 20.6. The minimum absolute atomic E-state index is 0.114. The molecule has 40 heavy (non-hydrogen) atoms. The Bertz CT molecular complexity index is 1230. The van der Waals surface area contributed by atoms with Crippen LogP contribution < -0.4 is 4.90 Å². The van der Waals surface area contributed by atoms with Crippen LogP contribution in [0.5, 0.6) is 0 Å². The number of ether oxygens (including phenoxy) is 2. The van der Waals surface area contributed by atoms with Gasteiger partial charge in [-0.3, -0.25) is 9.80 Å². The summed E-state index contributed by atoms with van der Waals surface area (Å²) in [6.45, 7) is -1.26. The molecular formula is C24H21F9N2O5. The second-order valence-corrected chi connectivity index (χ2v) is 8.80. The van der Waals surface area contributed by atoms with Crippen molar-refractivity contribution < 1.29 is 63.7 Å². The molecule has 1 heterocycles. The van der Waals surface area contributed by atoms with Crippen LogP contribution in [0.4, 0.5) is 54.8 Å². The number of amides is 2. The van der Waals surface area contributed by atoms with Gasteiger partial charge >= 0.3 is 30.7 Å². The van der Waals surface area contributed by atoms with Crippen molar-refractivity contribution >= 4 is 17.9 Å². The number of benzene rings is 2. The highest BCUT2D eigenvalue weighted by Gasteiger charge is 2.43. The number of carboxylic acid groups (broad SMARTS) is 1. The maximum absolute atomic E-state index is 13.6. The van der Waals surface area contributed by atoms with Crippen LogP contribution in [0.15, 0.2) is 36.4 Å². The van der Waals surface area contributed by atoms with Crippen LogP contribution in [-0.4, -0.2) is 49.1 Å². The topological polar surface area (TPSA) is 79.3 Å². The molecule has 2 aromatic rings. The molecule has 0 spiro atoms. The molecule has 1 aliphatic rings. The van der Waals surface area contributed by atoms with Crippen LogP contribution in [-0.2, 0) is 34.5 Å². The van der Waals surface area contributed by atoms with Crippen LogP contribution in [0, 0.1) is 0 Å². The second-order valence-electron chi connectivity index (χ2n) is 8.80. The number of carbonyl (C=O) groups is 2. The van der Waals surface area contributed by atoms with E-state index in [1.165, 1.54) is 7.11 Å². The van der Waals surface area contributed by atoms with Gasteiger partial charge in [-0.2, -0.15) is 39.5 Å². The molecule has 220 valence electrons. The molecular weight excluding hydrogens is 567 g/mol. The fraction of sp³-hybridized carbons (Fsp3) is 0.417. The Morgan fingerprint density at radius 3 is 1.90 bits per heavy atom. The number of nitrogens with zero attached hydrogens (tertiary/aromatic N) is 2. The van der Waals surface area contributed by atoms with Crippen LogP contribution in [0.2, 0.25) is 0 Å². The lowest BCUT2D eigenvalue weighted by Crippen LogP contribution is -2.50. The van der Waals surface area contributed by atoms with Gasteiger partial charge in [-0.25, -0.2) is 9.59 Å². The summed E-state index contributed by atoms with van der Waals surface area (Å²) in [5, 5.41) is 9.77. The van der Waals surface area contributed by atoms with E-state index in [1.807, 2.05) is 0 Å². The van der Waals surface area contributed by atoms with E-state index in [0.717, 1.165) is 18.1 Å². The first-order valence-electron chi connectivity index (χ1n) is 11.2. The molecule has 0 fully saturated rings. The summed E-state index contributed by atoms with van der Waals surface area (Å²) in [4.78, 5) is 26.2. The van der Waals surface area contributed by atoms with Gasteiger partial charge in [0, 0.05) is 13.7 Å². The van der Waals surface area contributed by atoms with Crippen molar-refractivity contribution in [1.29, 1.82) is 0 Å². The molecule has 3 rings (SSSR count). The lowest BCUT2D eigenvalue weighted by molar-refractivity contribution is -0.143. The molecule has 16 heteroatoms. The molecule has 0 saturated carbocycles. The number of rotatable bonds is 5. The van der Waals surface area contributed by atoms with E-state index in [-0.39, 0.29) is 23.9 Å². The van der Waals surface area contributed by atoms with Crippen LogP contribution in [0.1, 0.15) is 40.3 Å². The monoisotopic (exact) mass is 588 g/mol. The van der Waals surface area contributed by atoms with E-state index in [0.29, 0.717) is 29.2 Å². The molecule has 0 radical (unpaired) electrons. The maximum Gasteiger partial charge on any atom is 0.416 e. The van der Waals surface area contributed by atoms with Crippen molar-refractivity contribution in [3.63, 3.8) is 0 Å². The fourth-order valence-electron chi connectivity index (χ4n) is 4.52. The van der Waals surface area contributed by atoms with Crippen LogP contribution in [0.3, 0.4) is 0 Å². The van der Waals surface area contributed by atoms with E-state index in [4.69, 9.17) is 4.74 Å². The zero-order valence-corrected chi connectivity index (χ0v) is 20.6. The third kappa shape index (κ3) is 6.54. The first kappa shape index (κ1) is 30.8. The van der Waals surface area contributed by atoms with Gasteiger partial charge in [0.1, 0.15) is 0 Å². The Kier molecular flexibility index (Phi) is 8.53. The van der Waals surface area contributed by atoms with E-state index >= 15 is 0 Å². The number of fused-ring (bicyclic) bond motifs is 1. The molecule has 2 atom stereocenters. The van der Waals surface area contributed by atoms with Crippen molar-refractivity contribution in [2.24, 2.45) is 0 Å². The lowest BCUT2D eigenvalue weighted by Gasteiger charge is -2.43. The smallest absolute Gasteiger partial charge is 0.416 e. The van der Waals surface area contributed by atoms with Gasteiger partial charge in [-0.15, -0.1) is 0 Å². The summed E-state index contributed by atoms with van der Waals surface area (Å²) in [6.07, 6.45) is -18.6. The summed E-state index contributed by atoms with van der Waals surface area (Å²) >= 11 is 0. The summed E-state index contributed by atoms with van der Waals surface area (Å²) in [6, 6.07) is 0.0858. The SMILES string of the molecule is COC[C@@H]1C[C@H](N(Cc2cc(C(F)(F)F)cc(C(F)(F)F)c2)C(=O)OC)c2cc(C(F)(F)F)ccc2N1C(=O)O. The van der Waals surface area contributed by atoms with Crippen molar-refractivity contribution in [2.45, 2.75) is 43.6 Å². The standard InChI is InChI=1S/C24H21F9N2O5/c1-39-11-16-9-19(17-8-13(22(25,26)27)3-4-18(17)35(16)20(36)37)34(21(38)40-2)10-12-5-14(23(28,29)30)7-15(6-12)24(31,32)33/h3-8,16,19H,9-11H2,1-2H3,(H,36,37)/t16-,19-/m0/s1. The molecule has 1 aliphatic heterocycles. The summed E-state index contributed by atoms with van der Waals surface area (Å²) in [7, 11) is 2.06. The number of hydrogen-bond donors (Lipinski definition) is 1. The number of methoxy groups -OCH3 is 2. The Morgan fingerprint density at radius 2 is 1.45 bits per heavy atom. The van der Waals surface area contributed by atoms with Gasteiger partial charge in [0.15, 0.2) is 0 Å². The van der Waals surface area contributed by atoms with Gasteiger partial charge in [0.05, 0.1) is 48.2 Å². The minimum atomic E-state index is -5.20. The molecule has 0 unspecified atom stereocenters. The normalized spacial score (nSPS) is 17.8. The van der Waals surface area contributed by atoms with E-state index in [9.17, 15) is 54.2 Å². The third-order valence-electron chi connectivity index (χ3n) is 6.18. The van der Waals surface area contributed by atoms with Crippen molar-refractivity contribution in [3.05, 3.63) is 64.2 Å². The summed E-state index contributed by atoms with van der Waals surface area (Å²) < 4.78 is 131. The Morgan fingerprint density at radius 1 is 0.900 bits per heavy atom. The highest BCUT2D eigenvalue weighted by molar-refractivity contribution is 5.89. The quantitative estimate of drug-likeness (QED) is 0.383. The third-order valence-corrected chi connectivity index (χ3v) is 6.18. The van der Waals surface area contributed by atoms with Crippen LogP contribution >= 0.6 is 0 Å². The van der Waals surface area contributed by atoms with Gasteiger partial charge in [0.25, 0.3) is 0 Å². The molecule has 2 aromatic carbocycles. The highest BCUT2D eigenvalue weighted by atomic mass is 19.4. The number of halogens is 9. The highest BCUT2D eigenvalue weighted by Crippen LogP contribution is 2.45. The van der Waals surface area contributed by atoms with Crippen molar-refractivity contribution in [3.8, 4) is 0 Å². The molecule has 1 N–H and O–H groups in total. The molecule has 0 aliphatic carbocycles. The minimum Gasteiger partial charge on any atom is -0.465 e. The number of alkyl halides is 9. The van der Waals surface area contributed by atoms with Gasteiger partial charge in [0.2, 0.25) is 0 Å². The van der Waals surface area contributed by atoms with E-state index in [2.05, 4.69) is 4.74 Å². The predicted octanol–water partition coefficient (Wildman–Crippen LogP) is 6.96. The Hall–Kier alpha value is -3.69. The Labute approximate surface area is 220 Å². The summed E-state index contributed by atoms with van der Waals surface area (Å²) in [5.74, 6) is 0. The average Bonchev–Trinajstić information content (AvgIpc) is 2.84. The average molecular weight is 588 g/mol. The predicted molar refractivity (Wildman–Crippen MR) is 119 cm³/mol. The maximum atomic E-state index is 13.6. The number of carbonyl (C=O) groups excluding carboxylic acids is 1. The molecule has 0 aromatic heterocycles. The molecule has 0 saturated heterocycles. The number of anilines is 1. The van der Waals surface area contributed by atoms with E-state index in [1.54, 1.807) is 0 Å². The first-order valence-corrected chi connectivity index (χ1v) is 11.2. The molecule has 7 nitrogen and oxygen atoms in total. The summed E-state index contributed by atoms with van der Waals surface area (Å²) in [5.41, 5.74) is -5.86. The largest absolute Gasteiger partial charge is 0.465 e. The lowest BCUT2D eigenvalue weighted by atomic mass is 9.88. The second kappa shape index (κ2) is 11.1. The number of hydrogen-bond acceptors (Lipinski definition) is 4. The van der Waals surface area contributed by atoms with E-state index < -0.39 is 78.0 Å². The van der Waals surface area contributed by atoms with Crippen LogP contribution in [0.25, 0.3) is 0 Å². The van der Waals surface area contributed by atoms with Gasteiger partial charge < -0.3 is 14.6 Å². The van der Waals surface area contributed by atoms with Crippen molar-refractivity contribution in [2.75, 3.05) is 25.7 Å². The molecule has 2 amide bonds. The van der Waals surface area contributed by atoms with Gasteiger partial charge in [-0.1, -0.05) is 0 Å². The first-order chi connectivity index (χ1) is 18.4. The van der Waals surface area contributed by atoms with Crippen molar-refractivity contribution in [1.82, 2.24) is 4.90 Å². The molecule has 0 bridgehead atoms.